The molecule has 1 unspecified atom stereocenters. The van der Waals surface area contributed by atoms with Gasteiger partial charge in [-0.25, -0.2) is 4.57 Å². The fourth-order valence-electron chi connectivity index (χ4n) is 1.07. The maximum Gasteiger partial charge on any atom is 0.469 e. The van der Waals surface area contributed by atoms with E-state index in [0.29, 0.717) is 0 Å². The summed E-state index contributed by atoms with van der Waals surface area (Å²) in [7, 11) is -1.81. The third kappa shape index (κ3) is 20.6. The molecular weight excluding hydrogens is 234 g/mol. The topological polar surface area (TPSA) is 66.8 Å². The summed E-state index contributed by atoms with van der Waals surface area (Å²) in [5.41, 5.74) is 0. The molecule has 4 nitrogen and oxygen atoms in total. The lowest BCUT2D eigenvalue weighted by molar-refractivity contribution is 0.193. The van der Waals surface area contributed by atoms with E-state index in [2.05, 4.69) is 20.7 Å². The minimum atomic E-state index is -4.23. The van der Waals surface area contributed by atoms with Crippen LogP contribution in [0.15, 0.2) is 0 Å². The van der Waals surface area contributed by atoms with Crippen molar-refractivity contribution in [3.63, 3.8) is 0 Å². The number of hydrogen-bond donors (Lipinski definition) is 2. The lowest BCUT2D eigenvalue weighted by Crippen LogP contribution is -1.92. The molecule has 0 radical (unpaired) electrons. The SMILES string of the molecule is CCCCCCCCOP(=O)(O)O.CP. The molecule has 0 heterocycles. The Bertz CT molecular complexity index is 158. The summed E-state index contributed by atoms with van der Waals surface area (Å²) in [6, 6.07) is 0. The van der Waals surface area contributed by atoms with Gasteiger partial charge in [0.15, 0.2) is 0 Å². The van der Waals surface area contributed by atoms with Crippen molar-refractivity contribution in [2.45, 2.75) is 45.4 Å². The third-order valence-electron chi connectivity index (χ3n) is 1.76. The first-order chi connectivity index (χ1) is 7.06. The fraction of sp³-hybridized carbons (Fsp3) is 1.00. The molecule has 6 heteroatoms. The lowest BCUT2D eigenvalue weighted by Gasteiger charge is -2.04. The molecule has 0 saturated carbocycles. The number of rotatable bonds is 8. The van der Waals surface area contributed by atoms with Gasteiger partial charge in [-0.2, -0.15) is 0 Å². The Balaban J connectivity index is 0. The van der Waals surface area contributed by atoms with Crippen LogP contribution in [0, 0.1) is 0 Å². The fourth-order valence-corrected chi connectivity index (χ4v) is 1.43. The van der Waals surface area contributed by atoms with Gasteiger partial charge in [0.05, 0.1) is 6.61 Å². The number of phosphoric ester groups is 1. The Labute approximate surface area is 95.2 Å². The van der Waals surface area contributed by atoms with E-state index >= 15 is 0 Å². The van der Waals surface area contributed by atoms with E-state index in [0.717, 1.165) is 19.3 Å². The summed E-state index contributed by atoms with van der Waals surface area (Å²) in [5.74, 6) is 0. The zero-order chi connectivity index (χ0) is 12.2. The summed E-state index contributed by atoms with van der Waals surface area (Å²) >= 11 is 0. The number of unbranched alkanes of at least 4 members (excludes halogenated alkanes) is 5. The van der Waals surface area contributed by atoms with Crippen molar-refractivity contribution in [1.82, 2.24) is 0 Å². The van der Waals surface area contributed by atoms with Crippen LogP contribution in [0.4, 0.5) is 0 Å². The number of hydrogen-bond acceptors (Lipinski definition) is 2. The Morgan fingerprint density at radius 3 is 2.00 bits per heavy atom. The summed E-state index contributed by atoms with van der Waals surface area (Å²) in [5, 5.41) is 0. The van der Waals surface area contributed by atoms with Crippen LogP contribution in [0.25, 0.3) is 0 Å². The lowest BCUT2D eigenvalue weighted by atomic mass is 10.1. The van der Waals surface area contributed by atoms with Crippen LogP contribution in [-0.2, 0) is 9.09 Å². The largest absolute Gasteiger partial charge is 0.469 e. The van der Waals surface area contributed by atoms with Crippen LogP contribution in [-0.4, -0.2) is 23.1 Å². The molecule has 0 bridgehead atoms. The molecule has 15 heavy (non-hydrogen) atoms. The summed E-state index contributed by atoms with van der Waals surface area (Å²) in [4.78, 5) is 16.7. The highest BCUT2D eigenvalue weighted by atomic mass is 31.2. The summed E-state index contributed by atoms with van der Waals surface area (Å²) < 4.78 is 14.5. The average Bonchev–Trinajstić information content (AvgIpc) is 2.18. The zero-order valence-corrected chi connectivity index (χ0v) is 11.7. The highest BCUT2D eigenvalue weighted by Crippen LogP contribution is 2.35. The smallest absolute Gasteiger partial charge is 0.303 e. The number of phosphoric acid groups is 1. The molecule has 0 rings (SSSR count). The van der Waals surface area contributed by atoms with E-state index in [9.17, 15) is 4.57 Å². The minimum absolute atomic E-state index is 0.163. The molecule has 0 aliphatic heterocycles. The van der Waals surface area contributed by atoms with Crippen LogP contribution in [0.3, 0.4) is 0 Å². The molecule has 0 amide bonds. The van der Waals surface area contributed by atoms with Crippen molar-refractivity contribution < 1.29 is 18.9 Å². The molecule has 0 aliphatic carbocycles. The van der Waals surface area contributed by atoms with E-state index in [1.54, 1.807) is 0 Å². The molecule has 0 aliphatic rings. The van der Waals surface area contributed by atoms with Gasteiger partial charge in [-0.3, -0.25) is 4.52 Å². The molecule has 0 spiro atoms. The first kappa shape index (κ1) is 17.9. The second-order valence-corrected chi connectivity index (χ2v) is 4.33. The van der Waals surface area contributed by atoms with Crippen molar-refractivity contribution in [3.05, 3.63) is 0 Å². The van der Waals surface area contributed by atoms with Gasteiger partial charge < -0.3 is 9.79 Å². The molecule has 0 aromatic rings. The second-order valence-electron chi connectivity index (χ2n) is 3.09. The first-order valence-electron chi connectivity index (χ1n) is 5.34. The Kier molecular flexibility index (Phi) is 15.1. The maximum atomic E-state index is 10.2. The maximum absolute atomic E-state index is 10.2. The van der Waals surface area contributed by atoms with Gasteiger partial charge in [0.1, 0.15) is 0 Å². The monoisotopic (exact) mass is 258 g/mol. The minimum Gasteiger partial charge on any atom is -0.303 e. The van der Waals surface area contributed by atoms with Gasteiger partial charge >= 0.3 is 7.82 Å². The van der Waals surface area contributed by atoms with Crippen LogP contribution in [0.1, 0.15) is 45.4 Å². The molecule has 1 atom stereocenters. The molecule has 0 saturated heterocycles. The molecule has 0 fully saturated rings. The highest BCUT2D eigenvalue weighted by Gasteiger charge is 2.12. The average molecular weight is 258 g/mol. The van der Waals surface area contributed by atoms with Crippen LogP contribution < -0.4 is 0 Å². The van der Waals surface area contributed by atoms with E-state index < -0.39 is 7.82 Å². The molecular formula is C9H24O4P2. The van der Waals surface area contributed by atoms with Crippen molar-refractivity contribution in [3.8, 4) is 0 Å². The van der Waals surface area contributed by atoms with Crippen molar-refractivity contribution >= 4 is 17.1 Å². The van der Waals surface area contributed by atoms with E-state index in [1.165, 1.54) is 19.3 Å². The second kappa shape index (κ2) is 12.6. The molecule has 0 aromatic carbocycles. The zero-order valence-electron chi connectivity index (χ0n) is 9.69. The van der Waals surface area contributed by atoms with E-state index in [1.807, 2.05) is 6.66 Å². The van der Waals surface area contributed by atoms with E-state index in [4.69, 9.17) is 9.79 Å². The molecule has 2 N–H and O–H groups in total. The molecule has 94 valence electrons. The van der Waals surface area contributed by atoms with Crippen LogP contribution in [0.2, 0.25) is 0 Å². The van der Waals surface area contributed by atoms with Gasteiger partial charge in [-0.15, -0.1) is 9.24 Å². The Hall–Kier alpha value is 0.540. The predicted molar refractivity (Wildman–Crippen MR) is 67.0 cm³/mol. The van der Waals surface area contributed by atoms with Gasteiger partial charge in [0.2, 0.25) is 0 Å². The normalized spacial score (nSPS) is 10.7. The molecule has 0 aromatic heterocycles. The van der Waals surface area contributed by atoms with Crippen LogP contribution in [0.5, 0.6) is 0 Å². The first-order valence-corrected chi connectivity index (χ1v) is 8.02. The van der Waals surface area contributed by atoms with Gasteiger partial charge in [0, 0.05) is 0 Å². The Morgan fingerprint density at radius 1 is 1.07 bits per heavy atom. The third-order valence-corrected chi connectivity index (χ3v) is 2.28. The Morgan fingerprint density at radius 2 is 1.53 bits per heavy atom. The predicted octanol–water partition coefficient (Wildman–Crippen LogP) is 2.95. The van der Waals surface area contributed by atoms with Gasteiger partial charge in [-0.05, 0) is 6.42 Å². The van der Waals surface area contributed by atoms with Crippen molar-refractivity contribution in [2.24, 2.45) is 0 Å². The summed E-state index contributed by atoms with van der Waals surface area (Å²) in [6.45, 7) is 4.23. The van der Waals surface area contributed by atoms with Gasteiger partial charge in [0.25, 0.3) is 0 Å². The highest BCUT2D eigenvalue weighted by molar-refractivity contribution is 7.46. The standard InChI is InChI=1S/C8H19O4P.CH5P/c1-2-3-4-5-6-7-8-12-13(9,10)11;1-2/h2-8H2,1H3,(H2,9,10,11);2H2,1H3. The van der Waals surface area contributed by atoms with Crippen LogP contribution >= 0.6 is 17.1 Å². The van der Waals surface area contributed by atoms with E-state index in [-0.39, 0.29) is 6.61 Å². The van der Waals surface area contributed by atoms with Crippen molar-refractivity contribution in [2.75, 3.05) is 13.3 Å². The quantitative estimate of drug-likeness (QED) is 0.519. The van der Waals surface area contributed by atoms with Gasteiger partial charge in [-0.1, -0.05) is 45.7 Å². The van der Waals surface area contributed by atoms with Crippen molar-refractivity contribution in [1.29, 1.82) is 0 Å². The summed E-state index contributed by atoms with van der Waals surface area (Å²) in [6.07, 6.45) is 6.48.